The Morgan fingerprint density at radius 1 is 0.871 bits per heavy atom. The summed E-state index contributed by atoms with van der Waals surface area (Å²) in [7, 11) is 0. The van der Waals surface area contributed by atoms with Crippen LogP contribution in [0.25, 0.3) is 0 Å². The van der Waals surface area contributed by atoms with Crippen LogP contribution in [0.1, 0.15) is 42.9 Å². The van der Waals surface area contributed by atoms with Crippen LogP contribution in [-0.2, 0) is 4.79 Å². The Balaban J connectivity index is 1.60. The van der Waals surface area contributed by atoms with Gasteiger partial charge in [0.05, 0.1) is 24.0 Å². The number of rotatable bonds is 4. The fourth-order valence-electron chi connectivity index (χ4n) is 4.65. The molecule has 31 heavy (non-hydrogen) atoms. The molecule has 2 aliphatic rings. The van der Waals surface area contributed by atoms with Crippen LogP contribution >= 0.6 is 0 Å². The van der Waals surface area contributed by atoms with Crippen molar-refractivity contribution in [2.75, 3.05) is 17.2 Å². The summed E-state index contributed by atoms with van der Waals surface area (Å²) in [6, 6.07) is 26.3. The third kappa shape index (κ3) is 3.81. The average molecular weight is 411 g/mol. The fraction of sp³-hybridized carbons (Fsp3) is 0.222. The molecular weight excluding hydrogens is 384 g/mol. The second kappa shape index (κ2) is 8.31. The van der Waals surface area contributed by atoms with Crippen LogP contribution in [0.15, 0.2) is 90.1 Å². The first kappa shape index (κ1) is 19.4. The Kier molecular flexibility index (Phi) is 5.21. The van der Waals surface area contributed by atoms with Crippen LogP contribution < -0.4 is 15.4 Å². The van der Waals surface area contributed by atoms with Crippen LogP contribution in [0.2, 0.25) is 0 Å². The van der Waals surface area contributed by atoms with E-state index in [4.69, 9.17) is 4.74 Å². The minimum absolute atomic E-state index is 0.181. The fourth-order valence-corrected chi connectivity index (χ4v) is 4.65. The van der Waals surface area contributed by atoms with Crippen LogP contribution in [0.4, 0.5) is 11.4 Å². The molecule has 0 radical (unpaired) electrons. The smallest absolute Gasteiger partial charge is 0.163 e. The third-order valence-corrected chi connectivity index (χ3v) is 6.08. The van der Waals surface area contributed by atoms with Crippen molar-refractivity contribution in [2.24, 2.45) is 0 Å². The van der Waals surface area contributed by atoms with E-state index in [0.717, 1.165) is 40.4 Å². The molecule has 1 aliphatic heterocycles. The molecule has 0 aromatic heterocycles. The van der Waals surface area contributed by atoms with Gasteiger partial charge in [-0.05, 0) is 54.7 Å². The van der Waals surface area contributed by atoms with Gasteiger partial charge >= 0.3 is 0 Å². The van der Waals surface area contributed by atoms with E-state index < -0.39 is 0 Å². The summed E-state index contributed by atoms with van der Waals surface area (Å²) in [5, 5.41) is 7.23. The van der Waals surface area contributed by atoms with Crippen molar-refractivity contribution < 1.29 is 9.53 Å². The summed E-state index contributed by atoms with van der Waals surface area (Å²) >= 11 is 0. The highest BCUT2D eigenvalue weighted by atomic mass is 16.5. The molecule has 0 saturated heterocycles. The maximum atomic E-state index is 13.5. The number of benzene rings is 3. The zero-order valence-corrected chi connectivity index (χ0v) is 17.6. The number of ketones is 1. The van der Waals surface area contributed by atoms with E-state index in [2.05, 4.69) is 41.0 Å². The van der Waals surface area contributed by atoms with Crippen molar-refractivity contribution in [1.82, 2.24) is 0 Å². The van der Waals surface area contributed by atoms with Crippen molar-refractivity contribution in [1.29, 1.82) is 0 Å². The Labute approximate surface area is 183 Å². The van der Waals surface area contributed by atoms with Gasteiger partial charge in [-0.1, -0.05) is 54.6 Å². The first-order valence-electron chi connectivity index (χ1n) is 10.9. The molecule has 2 N–H and O–H groups in total. The molecule has 0 amide bonds. The minimum atomic E-state index is -0.226. The molecule has 3 aromatic carbocycles. The van der Waals surface area contributed by atoms with E-state index in [-0.39, 0.29) is 17.7 Å². The summed E-state index contributed by atoms with van der Waals surface area (Å²) < 4.78 is 5.73. The van der Waals surface area contributed by atoms with Gasteiger partial charge < -0.3 is 15.4 Å². The lowest BCUT2D eigenvalue weighted by molar-refractivity contribution is -0.116. The van der Waals surface area contributed by atoms with E-state index in [9.17, 15) is 4.79 Å². The molecule has 2 atom stereocenters. The van der Waals surface area contributed by atoms with Gasteiger partial charge in [0.1, 0.15) is 5.75 Å². The quantitative estimate of drug-likeness (QED) is 0.548. The van der Waals surface area contributed by atoms with Crippen LogP contribution in [0, 0.1) is 0 Å². The number of hydrogen-bond donors (Lipinski definition) is 2. The molecule has 0 spiro atoms. The van der Waals surface area contributed by atoms with E-state index >= 15 is 0 Å². The van der Waals surface area contributed by atoms with Crippen LogP contribution in [0.3, 0.4) is 0 Å². The summed E-state index contributed by atoms with van der Waals surface area (Å²) in [6.07, 6.45) is 1.33. The number of allylic oxidation sites excluding steroid dienone is 1. The van der Waals surface area contributed by atoms with Gasteiger partial charge in [0, 0.05) is 17.7 Å². The minimum Gasteiger partial charge on any atom is -0.494 e. The van der Waals surface area contributed by atoms with Crippen molar-refractivity contribution in [3.8, 4) is 5.75 Å². The maximum Gasteiger partial charge on any atom is 0.163 e. The summed E-state index contributed by atoms with van der Waals surface area (Å²) in [6.45, 7) is 2.59. The Morgan fingerprint density at radius 2 is 1.61 bits per heavy atom. The molecule has 4 heteroatoms. The van der Waals surface area contributed by atoms with Crippen molar-refractivity contribution in [2.45, 2.75) is 31.7 Å². The molecule has 0 bridgehead atoms. The maximum absolute atomic E-state index is 13.5. The largest absolute Gasteiger partial charge is 0.494 e. The molecule has 0 unspecified atom stereocenters. The number of hydrogen-bond acceptors (Lipinski definition) is 4. The standard InChI is InChI=1S/C27H26N2O2/c1-2-31-21-12-8-11-19(15-21)27-26-24(28-22-13-6-7-14-23(22)29-27)16-20(17-25(26)30)18-9-4-3-5-10-18/h3-15,20,27-29H,2,16-17H2,1H3/t20-,27+/m1/s1. The number of carbonyl (C=O) groups is 1. The zero-order valence-electron chi connectivity index (χ0n) is 17.6. The van der Waals surface area contributed by atoms with Crippen molar-refractivity contribution >= 4 is 17.2 Å². The van der Waals surface area contributed by atoms with E-state index in [1.165, 1.54) is 5.56 Å². The molecule has 5 rings (SSSR count). The number of carbonyl (C=O) groups excluding carboxylic acids is 1. The molecule has 0 saturated carbocycles. The Hall–Kier alpha value is -3.53. The lowest BCUT2D eigenvalue weighted by atomic mass is 9.78. The van der Waals surface area contributed by atoms with Gasteiger partial charge in [0.2, 0.25) is 0 Å². The molecule has 0 fully saturated rings. The van der Waals surface area contributed by atoms with Gasteiger partial charge in [-0.2, -0.15) is 0 Å². The highest BCUT2D eigenvalue weighted by molar-refractivity contribution is 6.01. The lowest BCUT2D eigenvalue weighted by Gasteiger charge is -2.30. The second-order valence-corrected chi connectivity index (χ2v) is 8.08. The SMILES string of the molecule is CCOc1cccc([C@@H]2Nc3ccccc3NC3=C2C(=O)C[C@H](c2ccccc2)C3)c1. The Morgan fingerprint density at radius 3 is 2.42 bits per heavy atom. The van der Waals surface area contributed by atoms with E-state index in [1.54, 1.807) is 0 Å². The number of nitrogens with one attached hydrogen (secondary N) is 2. The lowest BCUT2D eigenvalue weighted by Crippen LogP contribution is -2.26. The van der Waals surface area contributed by atoms with Gasteiger partial charge in [0.15, 0.2) is 5.78 Å². The highest BCUT2D eigenvalue weighted by Gasteiger charge is 2.36. The zero-order chi connectivity index (χ0) is 21.2. The summed E-state index contributed by atoms with van der Waals surface area (Å²) in [5.41, 5.74) is 6.08. The number of fused-ring (bicyclic) bond motifs is 1. The monoisotopic (exact) mass is 410 g/mol. The summed E-state index contributed by atoms with van der Waals surface area (Å²) in [5.74, 6) is 1.19. The Bertz CT molecular complexity index is 1140. The van der Waals surface area contributed by atoms with Gasteiger partial charge in [-0.15, -0.1) is 0 Å². The second-order valence-electron chi connectivity index (χ2n) is 8.08. The molecule has 1 heterocycles. The number of anilines is 2. The first-order chi connectivity index (χ1) is 15.2. The van der Waals surface area contributed by atoms with Crippen molar-refractivity contribution in [3.63, 3.8) is 0 Å². The van der Waals surface area contributed by atoms with Crippen LogP contribution in [-0.4, -0.2) is 12.4 Å². The van der Waals surface area contributed by atoms with Crippen LogP contribution in [0.5, 0.6) is 5.75 Å². The molecule has 156 valence electrons. The van der Waals surface area contributed by atoms with E-state index in [1.807, 2.05) is 55.5 Å². The summed E-state index contributed by atoms with van der Waals surface area (Å²) in [4.78, 5) is 13.5. The topological polar surface area (TPSA) is 50.4 Å². The molecule has 4 nitrogen and oxygen atoms in total. The average Bonchev–Trinajstić information content (AvgIpc) is 2.97. The molecule has 3 aromatic rings. The number of ether oxygens (including phenoxy) is 1. The highest BCUT2D eigenvalue weighted by Crippen LogP contribution is 2.44. The van der Waals surface area contributed by atoms with E-state index in [0.29, 0.717) is 13.0 Å². The number of para-hydroxylation sites is 2. The molecular formula is C27H26N2O2. The predicted molar refractivity (Wildman–Crippen MR) is 124 cm³/mol. The van der Waals surface area contributed by atoms with Gasteiger partial charge in [-0.25, -0.2) is 0 Å². The first-order valence-corrected chi connectivity index (χ1v) is 10.9. The van der Waals surface area contributed by atoms with Gasteiger partial charge in [-0.3, -0.25) is 4.79 Å². The third-order valence-electron chi connectivity index (χ3n) is 6.08. The number of Topliss-reactive ketones (excluding diaryl/α,β-unsaturated/α-hetero) is 1. The van der Waals surface area contributed by atoms with Crippen molar-refractivity contribution in [3.05, 3.63) is 101 Å². The predicted octanol–water partition coefficient (Wildman–Crippen LogP) is 6.06. The normalized spacial score (nSPS) is 20.1. The van der Waals surface area contributed by atoms with Gasteiger partial charge in [0.25, 0.3) is 0 Å². The molecule has 1 aliphatic carbocycles.